The summed E-state index contributed by atoms with van der Waals surface area (Å²) in [6.45, 7) is 11.9. The van der Waals surface area contributed by atoms with Crippen LogP contribution in [0.4, 0.5) is 0 Å². The van der Waals surface area contributed by atoms with E-state index in [4.69, 9.17) is 0 Å². The van der Waals surface area contributed by atoms with Gasteiger partial charge in [-0.3, -0.25) is 0 Å². The lowest BCUT2D eigenvalue weighted by Gasteiger charge is -2.47. The number of hydrogen-bond acceptors (Lipinski definition) is 0. The quantitative estimate of drug-likeness (QED) is 0.282. The second-order valence-electron chi connectivity index (χ2n) is 15.7. The summed E-state index contributed by atoms with van der Waals surface area (Å²) >= 11 is 0. The zero-order valence-electron chi connectivity index (χ0n) is 27.1. The predicted molar refractivity (Wildman–Crippen MR) is 191 cm³/mol. The van der Waals surface area contributed by atoms with Crippen LogP contribution in [0.1, 0.15) is 63.3 Å². The smallest absolute Gasteiger partial charge is 0.0102 e. The van der Waals surface area contributed by atoms with Crippen molar-refractivity contribution >= 4 is 27.5 Å². The summed E-state index contributed by atoms with van der Waals surface area (Å²) in [6, 6.07) is 23.1. The SMILES string of the molecule is CC(C)(C)C1=CC2C=CC3=CC=C(c4cccc5c(C6=CC=C7c8ccccc8C(C)(C)C7C6)cccc45)C4C=CC(=C1)C2C34. The van der Waals surface area contributed by atoms with Crippen LogP contribution in [0.5, 0.6) is 0 Å². The molecule has 0 N–H and O–H groups in total. The molecule has 9 rings (SSSR count). The highest BCUT2D eigenvalue weighted by Gasteiger charge is 2.46. The second kappa shape index (κ2) is 9.43. The highest BCUT2D eigenvalue weighted by Crippen LogP contribution is 2.57. The molecule has 222 valence electrons. The Morgan fingerprint density at radius 3 is 2.20 bits per heavy atom. The van der Waals surface area contributed by atoms with Crippen LogP contribution in [-0.4, -0.2) is 0 Å². The Kier molecular flexibility index (Phi) is 5.69. The van der Waals surface area contributed by atoms with Crippen LogP contribution in [-0.2, 0) is 5.41 Å². The third-order valence-corrected chi connectivity index (χ3v) is 12.0. The molecule has 0 amide bonds. The van der Waals surface area contributed by atoms with Gasteiger partial charge in [0.2, 0.25) is 0 Å². The summed E-state index contributed by atoms with van der Waals surface area (Å²) in [5.41, 5.74) is 14.9. The monoisotopic (exact) mass is 582 g/mol. The van der Waals surface area contributed by atoms with Gasteiger partial charge in [-0.15, -0.1) is 0 Å². The molecule has 0 aliphatic heterocycles. The summed E-state index contributed by atoms with van der Waals surface area (Å²) in [4.78, 5) is 0. The van der Waals surface area contributed by atoms with Gasteiger partial charge in [-0.05, 0) is 89.6 Å². The summed E-state index contributed by atoms with van der Waals surface area (Å²) in [5, 5.41) is 2.75. The standard InChI is InChI=1S/C45H42/c1-44(2,3)31-24-29-17-16-27-18-21-36(39-23-20-30(25-31)42(29)43(27)39)35-14-9-12-33-32(11-8-13-34(33)35)28-19-22-38-37-10-6-7-15-40(37)45(4,5)41(38)26-28/h6-25,29,39,41-43H,26H2,1-5H3. The second-order valence-corrected chi connectivity index (χ2v) is 15.7. The molecule has 45 heavy (non-hydrogen) atoms. The molecule has 0 saturated heterocycles. The van der Waals surface area contributed by atoms with Crippen molar-refractivity contribution in [1.82, 2.24) is 0 Å². The lowest BCUT2D eigenvalue weighted by Crippen LogP contribution is -2.38. The molecule has 0 heteroatoms. The van der Waals surface area contributed by atoms with Crippen molar-refractivity contribution < 1.29 is 0 Å². The van der Waals surface area contributed by atoms with Gasteiger partial charge in [-0.2, -0.15) is 0 Å². The van der Waals surface area contributed by atoms with Crippen molar-refractivity contribution in [2.24, 2.45) is 35.0 Å². The van der Waals surface area contributed by atoms with E-state index in [0.717, 1.165) is 6.42 Å². The maximum atomic E-state index is 2.56. The molecule has 3 aromatic rings. The summed E-state index contributed by atoms with van der Waals surface area (Å²) in [5.74, 6) is 2.36. The Bertz CT molecular complexity index is 2050. The van der Waals surface area contributed by atoms with Gasteiger partial charge in [0.25, 0.3) is 0 Å². The van der Waals surface area contributed by atoms with E-state index in [0.29, 0.717) is 29.6 Å². The van der Waals surface area contributed by atoms with Crippen molar-refractivity contribution in [1.29, 1.82) is 0 Å². The number of benzene rings is 3. The van der Waals surface area contributed by atoms with Crippen LogP contribution in [0.15, 0.2) is 138 Å². The fraction of sp³-hybridized carbons (Fsp3) is 0.289. The average molecular weight is 583 g/mol. The molecule has 3 aromatic carbocycles. The minimum absolute atomic E-state index is 0.128. The van der Waals surface area contributed by atoms with Gasteiger partial charge < -0.3 is 0 Å². The van der Waals surface area contributed by atoms with Crippen molar-refractivity contribution in [2.45, 2.75) is 46.5 Å². The molecule has 0 heterocycles. The number of allylic oxidation sites excluding steroid dienone is 16. The number of fused-ring (bicyclic) bond motifs is 4. The van der Waals surface area contributed by atoms with Gasteiger partial charge >= 0.3 is 0 Å². The van der Waals surface area contributed by atoms with Crippen molar-refractivity contribution in [3.8, 4) is 0 Å². The molecule has 5 unspecified atom stereocenters. The highest BCUT2D eigenvalue weighted by molar-refractivity contribution is 6.02. The van der Waals surface area contributed by atoms with Gasteiger partial charge in [-0.1, -0.05) is 156 Å². The fourth-order valence-corrected chi connectivity index (χ4v) is 9.59. The zero-order valence-corrected chi connectivity index (χ0v) is 27.1. The molecule has 0 bridgehead atoms. The van der Waals surface area contributed by atoms with Crippen LogP contribution in [0.3, 0.4) is 0 Å². The summed E-state index contributed by atoms with van der Waals surface area (Å²) in [6.07, 6.45) is 25.7. The number of hydrogen-bond donors (Lipinski definition) is 0. The molecule has 0 radical (unpaired) electrons. The Morgan fingerprint density at radius 1 is 0.667 bits per heavy atom. The van der Waals surface area contributed by atoms with Gasteiger partial charge in [0.1, 0.15) is 0 Å². The lowest BCUT2D eigenvalue weighted by molar-refractivity contribution is 0.323. The molecule has 6 aliphatic rings. The maximum absolute atomic E-state index is 2.56. The van der Waals surface area contributed by atoms with E-state index in [1.807, 2.05) is 0 Å². The first-order valence-corrected chi connectivity index (χ1v) is 17.0. The van der Waals surface area contributed by atoms with Crippen molar-refractivity contribution in [2.75, 3.05) is 0 Å². The Labute approximate surface area is 268 Å². The first-order chi connectivity index (χ1) is 21.7. The van der Waals surface area contributed by atoms with Crippen LogP contribution in [0.25, 0.3) is 27.5 Å². The molecule has 0 spiro atoms. The first-order valence-electron chi connectivity index (χ1n) is 17.0. The van der Waals surface area contributed by atoms with Gasteiger partial charge in [0.15, 0.2) is 0 Å². The molecule has 0 fully saturated rings. The fourth-order valence-electron chi connectivity index (χ4n) is 9.59. The van der Waals surface area contributed by atoms with Crippen molar-refractivity contribution in [3.05, 3.63) is 160 Å². The average Bonchev–Trinajstić information content (AvgIpc) is 3.28. The number of rotatable bonds is 2. The Morgan fingerprint density at radius 2 is 1.38 bits per heavy atom. The molecular weight excluding hydrogens is 540 g/mol. The van der Waals surface area contributed by atoms with Crippen molar-refractivity contribution in [3.63, 3.8) is 0 Å². The van der Waals surface area contributed by atoms with Crippen LogP contribution < -0.4 is 0 Å². The van der Waals surface area contributed by atoms with Crippen LogP contribution in [0, 0.1) is 35.0 Å². The minimum atomic E-state index is 0.128. The van der Waals surface area contributed by atoms with E-state index in [1.54, 1.807) is 0 Å². The molecule has 0 nitrogen and oxygen atoms in total. The molecule has 5 atom stereocenters. The topological polar surface area (TPSA) is 0 Å². The maximum Gasteiger partial charge on any atom is 0.0102 e. The van der Waals surface area contributed by atoms with E-state index in [9.17, 15) is 0 Å². The third-order valence-electron chi connectivity index (χ3n) is 12.0. The summed E-state index contributed by atoms with van der Waals surface area (Å²) in [7, 11) is 0. The van der Waals surface area contributed by atoms with Crippen LogP contribution in [0.2, 0.25) is 0 Å². The van der Waals surface area contributed by atoms with Gasteiger partial charge in [0.05, 0.1) is 0 Å². The summed E-state index contributed by atoms with van der Waals surface area (Å²) < 4.78 is 0. The van der Waals surface area contributed by atoms with Gasteiger partial charge in [-0.25, -0.2) is 0 Å². The van der Waals surface area contributed by atoms with Gasteiger partial charge in [0, 0.05) is 23.7 Å². The van der Waals surface area contributed by atoms with E-state index >= 15 is 0 Å². The normalized spacial score (nSPS) is 28.6. The molecule has 0 saturated carbocycles. The first kappa shape index (κ1) is 27.2. The van der Waals surface area contributed by atoms with E-state index < -0.39 is 0 Å². The minimum Gasteiger partial charge on any atom is -0.0767 e. The third kappa shape index (κ3) is 3.91. The Balaban J connectivity index is 1.13. The van der Waals surface area contributed by atoms with E-state index in [2.05, 4.69) is 156 Å². The Hall–Kier alpha value is -4.16. The zero-order chi connectivity index (χ0) is 30.7. The lowest BCUT2D eigenvalue weighted by atomic mass is 9.56. The molecule has 6 aliphatic carbocycles. The highest BCUT2D eigenvalue weighted by atomic mass is 14.5. The van der Waals surface area contributed by atoms with E-state index in [-0.39, 0.29) is 10.8 Å². The van der Waals surface area contributed by atoms with E-state index in [1.165, 1.54) is 66.5 Å². The van der Waals surface area contributed by atoms with Crippen LogP contribution >= 0.6 is 0 Å². The largest absolute Gasteiger partial charge is 0.0767 e. The molecular formula is C45H42. The predicted octanol–water partition coefficient (Wildman–Crippen LogP) is 11.5. The molecule has 0 aromatic heterocycles.